The topological polar surface area (TPSA) is 37.4 Å². The molecule has 0 saturated carbocycles. The minimum atomic E-state index is -3.41. The van der Waals surface area contributed by atoms with E-state index in [2.05, 4.69) is 6.92 Å². The van der Waals surface area contributed by atoms with Crippen LogP contribution in [0.3, 0.4) is 0 Å². The molecule has 0 aliphatic carbocycles. The van der Waals surface area contributed by atoms with Crippen LogP contribution >= 0.6 is 23.2 Å². The Bertz CT molecular complexity index is 545. The van der Waals surface area contributed by atoms with Crippen LogP contribution in [-0.2, 0) is 15.9 Å². The maximum atomic E-state index is 12.4. The number of nitrogens with zero attached hydrogens (tertiary/aromatic N) is 1. The van der Waals surface area contributed by atoms with E-state index in [0.29, 0.717) is 24.0 Å². The second-order valence-corrected chi connectivity index (χ2v) is 7.26. The minimum Gasteiger partial charge on any atom is -0.207 e. The lowest BCUT2D eigenvalue weighted by Gasteiger charge is -2.16. The van der Waals surface area contributed by atoms with Crippen molar-refractivity contribution in [2.45, 2.75) is 24.1 Å². The molecule has 1 fully saturated rings. The number of rotatable bonds is 3. The van der Waals surface area contributed by atoms with E-state index >= 15 is 0 Å². The van der Waals surface area contributed by atoms with E-state index in [1.807, 2.05) is 0 Å². The molecule has 0 N–H and O–H groups in total. The Morgan fingerprint density at radius 1 is 1.44 bits per heavy atom. The summed E-state index contributed by atoms with van der Waals surface area (Å²) in [6, 6.07) is 4.72. The highest BCUT2D eigenvalue weighted by Crippen LogP contribution is 2.27. The molecular formula is C12H15Cl2NO2S. The predicted molar refractivity (Wildman–Crippen MR) is 73.5 cm³/mol. The summed E-state index contributed by atoms with van der Waals surface area (Å²) in [6.07, 6.45) is 0.909. The molecule has 1 heterocycles. The molecule has 0 spiro atoms. The van der Waals surface area contributed by atoms with E-state index < -0.39 is 10.0 Å². The van der Waals surface area contributed by atoms with Crippen LogP contribution in [0.4, 0.5) is 0 Å². The van der Waals surface area contributed by atoms with Crippen molar-refractivity contribution in [3.63, 3.8) is 0 Å². The van der Waals surface area contributed by atoms with Gasteiger partial charge in [0.05, 0.1) is 4.90 Å². The lowest BCUT2D eigenvalue weighted by molar-refractivity contribution is 0.464. The molecule has 0 radical (unpaired) electrons. The zero-order valence-corrected chi connectivity index (χ0v) is 12.4. The number of alkyl halides is 1. The molecule has 1 aliphatic heterocycles. The number of hydrogen-bond acceptors (Lipinski definition) is 2. The summed E-state index contributed by atoms with van der Waals surface area (Å²) in [7, 11) is -3.41. The first-order valence-electron chi connectivity index (χ1n) is 5.79. The van der Waals surface area contributed by atoms with Gasteiger partial charge in [0.1, 0.15) is 0 Å². The highest BCUT2D eigenvalue weighted by Gasteiger charge is 2.30. The number of hydrogen-bond donors (Lipinski definition) is 0. The van der Waals surface area contributed by atoms with Crippen molar-refractivity contribution in [2.24, 2.45) is 5.92 Å². The highest BCUT2D eigenvalue weighted by molar-refractivity contribution is 7.89. The van der Waals surface area contributed by atoms with Gasteiger partial charge in [-0.1, -0.05) is 24.6 Å². The Morgan fingerprint density at radius 3 is 2.67 bits per heavy atom. The van der Waals surface area contributed by atoms with E-state index in [1.165, 1.54) is 10.4 Å². The SMILES string of the molecule is CC1CCN(S(=O)(=O)c2ccc(CCl)c(Cl)c2)C1. The van der Waals surface area contributed by atoms with E-state index in [4.69, 9.17) is 23.2 Å². The van der Waals surface area contributed by atoms with E-state index in [1.54, 1.807) is 12.1 Å². The number of sulfonamides is 1. The molecule has 1 aromatic rings. The normalized spacial score (nSPS) is 21.4. The van der Waals surface area contributed by atoms with Crippen LogP contribution in [-0.4, -0.2) is 25.8 Å². The van der Waals surface area contributed by atoms with Crippen LogP contribution in [0.5, 0.6) is 0 Å². The fraction of sp³-hybridized carbons (Fsp3) is 0.500. The van der Waals surface area contributed by atoms with Crippen molar-refractivity contribution in [3.8, 4) is 0 Å². The zero-order chi connectivity index (χ0) is 13.3. The lowest BCUT2D eigenvalue weighted by atomic mass is 10.2. The molecule has 1 unspecified atom stereocenters. The molecule has 6 heteroatoms. The van der Waals surface area contributed by atoms with Crippen molar-refractivity contribution in [1.29, 1.82) is 0 Å². The fourth-order valence-electron chi connectivity index (χ4n) is 2.06. The van der Waals surface area contributed by atoms with Gasteiger partial charge < -0.3 is 0 Å². The Labute approximate surface area is 118 Å². The smallest absolute Gasteiger partial charge is 0.207 e. The largest absolute Gasteiger partial charge is 0.243 e. The molecule has 1 saturated heterocycles. The van der Waals surface area contributed by atoms with Crippen molar-refractivity contribution in [3.05, 3.63) is 28.8 Å². The zero-order valence-electron chi connectivity index (χ0n) is 10.1. The number of halogens is 2. The average molecular weight is 308 g/mol. The third-order valence-electron chi connectivity index (χ3n) is 3.19. The summed E-state index contributed by atoms with van der Waals surface area (Å²) in [5, 5.41) is 0.401. The summed E-state index contributed by atoms with van der Waals surface area (Å²) >= 11 is 11.7. The summed E-state index contributed by atoms with van der Waals surface area (Å²) in [6.45, 7) is 3.22. The standard InChI is InChI=1S/C12H15Cl2NO2S/c1-9-4-5-15(8-9)18(16,17)11-3-2-10(7-13)12(14)6-11/h2-3,6,9H,4-5,7-8H2,1H3. The quantitative estimate of drug-likeness (QED) is 0.805. The van der Waals surface area contributed by atoms with Crippen LogP contribution < -0.4 is 0 Å². The van der Waals surface area contributed by atoms with E-state index in [0.717, 1.165) is 12.0 Å². The molecule has 0 bridgehead atoms. The van der Waals surface area contributed by atoms with Gasteiger partial charge >= 0.3 is 0 Å². The van der Waals surface area contributed by atoms with Crippen LogP contribution in [0.25, 0.3) is 0 Å². The number of benzene rings is 1. The van der Waals surface area contributed by atoms with Crippen molar-refractivity contribution in [1.82, 2.24) is 4.31 Å². The second-order valence-electron chi connectivity index (χ2n) is 4.64. The highest BCUT2D eigenvalue weighted by atomic mass is 35.5. The van der Waals surface area contributed by atoms with Crippen LogP contribution in [0, 0.1) is 5.92 Å². The first-order chi connectivity index (χ1) is 8.45. The molecule has 2 rings (SSSR count). The van der Waals surface area contributed by atoms with Gasteiger partial charge in [-0.05, 0) is 30.0 Å². The van der Waals surface area contributed by atoms with Gasteiger partial charge in [-0.2, -0.15) is 4.31 Å². The van der Waals surface area contributed by atoms with Gasteiger partial charge in [0.2, 0.25) is 10.0 Å². The van der Waals surface area contributed by atoms with Gasteiger partial charge in [0.15, 0.2) is 0 Å². The van der Waals surface area contributed by atoms with E-state index in [9.17, 15) is 8.42 Å². The van der Waals surface area contributed by atoms with Gasteiger partial charge in [0, 0.05) is 24.0 Å². The van der Waals surface area contributed by atoms with Crippen LogP contribution in [0.15, 0.2) is 23.1 Å². The summed E-state index contributed by atoms with van der Waals surface area (Å²) in [5.41, 5.74) is 0.743. The Kier molecular flexibility index (Phi) is 4.22. The predicted octanol–water partition coefficient (Wildman–Crippen LogP) is 3.11. The van der Waals surface area contributed by atoms with Gasteiger partial charge in [0.25, 0.3) is 0 Å². The molecule has 18 heavy (non-hydrogen) atoms. The summed E-state index contributed by atoms with van der Waals surface area (Å²) in [5.74, 6) is 0.692. The van der Waals surface area contributed by atoms with Gasteiger partial charge in [-0.15, -0.1) is 11.6 Å². The molecule has 3 nitrogen and oxygen atoms in total. The molecular weight excluding hydrogens is 293 g/mol. The lowest BCUT2D eigenvalue weighted by Crippen LogP contribution is -2.28. The molecule has 100 valence electrons. The summed E-state index contributed by atoms with van der Waals surface area (Å²) in [4.78, 5) is 0.246. The third-order valence-corrected chi connectivity index (χ3v) is 5.69. The summed E-state index contributed by atoms with van der Waals surface area (Å²) < 4.78 is 26.2. The molecule has 1 aromatic carbocycles. The van der Waals surface area contributed by atoms with Gasteiger partial charge in [-0.3, -0.25) is 0 Å². The monoisotopic (exact) mass is 307 g/mol. The van der Waals surface area contributed by atoms with Gasteiger partial charge in [-0.25, -0.2) is 8.42 Å². The van der Waals surface area contributed by atoms with Crippen LogP contribution in [0.1, 0.15) is 18.9 Å². The Morgan fingerprint density at radius 2 is 2.17 bits per heavy atom. The molecule has 1 atom stereocenters. The molecule has 0 amide bonds. The minimum absolute atomic E-state index is 0.246. The van der Waals surface area contributed by atoms with E-state index in [-0.39, 0.29) is 10.8 Å². The molecule has 0 aromatic heterocycles. The van der Waals surface area contributed by atoms with Crippen molar-refractivity contribution >= 4 is 33.2 Å². The van der Waals surface area contributed by atoms with Crippen molar-refractivity contribution < 1.29 is 8.42 Å². The second kappa shape index (κ2) is 5.37. The first-order valence-corrected chi connectivity index (χ1v) is 8.15. The Balaban J connectivity index is 2.33. The first kappa shape index (κ1) is 14.1. The maximum absolute atomic E-state index is 12.4. The molecule has 1 aliphatic rings. The average Bonchev–Trinajstić information content (AvgIpc) is 2.76. The van der Waals surface area contributed by atoms with Crippen LogP contribution in [0.2, 0.25) is 5.02 Å². The fourth-order valence-corrected chi connectivity index (χ4v) is 4.27. The van der Waals surface area contributed by atoms with Crippen molar-refractivity contribution in [2.75, 3.05) is 13.1 Å². The third kappa shape index (κ3) is 2.67. The maximum Gasteiger partial charge on any atom is 0.243 e. The Hall–Kier alpha value is -0.290.